The van der Waals surface area contributed by atoms with Gasteiger partial charge in [0, 0.05) is 21.3 Å². The predicted octanol–water partition coefficient (Wildman–Crippen LogP) is 3.68. The fraction of sp³-hybridized carbons (Fsp3) is 0. The van der Waals surface area contributed by atoms with Gasteiger partial charge in [0.05, 0.1) is 0 Å². The average molecular weight is 300 g/mol. The van der Waals surface area contributed by atoms with Crippen molar-refractivity contribution in [3.05, 3.63) is 64.1 Å². The number of nitrogens with one attached hydrogen (secondary N) is 1. The highest BCUT2D eigenvalue weighted by Crippen LogP contribution is 2.14. The Morgan fingerprint density at radius 3 is 2.56 bits per heavy atom. The fourth-order valence-electron chi connectivity index (χ4n) is 1.49. The molecular weight excluding hydrogens is 290 g/mol. The van der Waals surface area contributed by atoms with Crippen molar-refractivity contribution in [2.24, 2.45) is 0 Å². The van der Waals surface area contributed by atoms with Gasteiger partial charge in [0.1, 0.15) is 0 Å². The van der Waals surface area contributed by atoms with E-state index in [4.69, 9.17) is 6.42 Å². The minimum absolute atomic E-state index is 0.156. The first-order valence-electron chi connectivity index (χ1n) is 5.32. The summed E-state index contributed by atoms with van der Waals surface area (Å²) in [5, 5.41) is 2.80. The van der Waals surface area contributed by atoms with Gasteiger partial charge in [-0.3, -0.25) is 4.79 Å². The van der Waals surface area contributed by atoms with Crippen molar-refractivity contribution >= 4 is 27.5 Å². The topological polar surface area (TPSA) is 29.1 Å². The van der Waals surface area contributed by atoms with Crippen molar-refractivity contribution in [3.63, 3.8) is 0 Å². The van der Waals surface area contributed by atoms with Crippen LogP contribution < -0.4 is 5.32 Å². The van der Waals surface area contributed by atoms with Gasteiger partial charge in [0.2, 0.25) is 0 Å². The summed E-state index contributed by atoms with van der Waals surface area (Å²) in [7, 11) is 0. The van der Waals surface area contributed by atoms with Crippen molar-refractivity contribution in [2.75, 3.05) is 5.32 Å². The largest absolute Gasteiger partial charge is 0.322 e. The lowest BCUT2D eigenvalue weighted by atomic mass is 10.2. The second-order valence-electron chi connectivity index (χ2n) is 3.69. The normalized spacial score (nSPS) is 9.56. The number of carbonyl (C=O) groups is 1. The number of terminal acetylenes is 1. The van der Waals surface area contributed by atoms with Crippen LogP contribution in [0.3, 0.4) is 0 Å². The van der Waals surface area contributed by atoms with E-state index < -0.39 is 0 Å². The Morgan fingerprint density at radius 2 is 1.89 bits per heavy atom. The van der Waals surface area contributed by atoms with Crippen molar-refractivity contribution in [1.82, 2.24) is 0 Å². The molecule has 0 bridgehead atoms. The van der Waals surface area contributed by atoms with Crippen LogP contribution in [-0.4, -0.2) is 5.91 Å². The van der Waals surface area contributed by atoms with Crippen LogP contribution in [0.25, 0.3) is 0 Å². The summed E-state index contributed by atoms with van der Waals surface area (Å²) in [5.74, 6) is 2.37. The zero-order valence-electron chi connectivity index (χ0n) is 9.48. The van der Waals surface area contributed by atoms with Crippen LogP contribution in [0.4, 0.5) is 5.69 Å². The number of rotatable bonds is 2. The number of amides is 1. The van der Waals surface area contributed by atoms with Crippen LogP contribution in [0.15, 0.2) is 53.0 Å². The number of hydrogen-bond acceptors (Lipinski definition) is 1. The number of benzene rings is 2. The van der Waals surface area contributed by atoms with Gasteiger partial charge in [0.15, 0.2) is 0 Å². The van der Waals surface area contributed by atoms with Crippen LogP contribution in [0, 0.1) is 12.3 Å². The monoisotopic (exact) mass is 299 g/mol. The van der Waals surface area contributed by atoms with Crippen LogP contribution in [0.2, 0.25) is 0 Å². The quantitative estimate of drug-likeness (QED) is 0.842. The highest BCUT2D eigenvalue weighted by atomic mass is 79.9. The molecular formula is C15H10BrNO. The summed E-state index contributed by atoms with van der Waals surface area (Å²) in [5.41, 5.74) is 2.03. The van der Waals surface area contributed by atoms with Crippen LogP contribution in [0.1, 0.15) is 15.9 Å². The number of anilines is 1. The van der Waals surface area contributed by atoms with E-state index in [0.717, 1.165) is 10.0 Å². The van der Waals surface area contributed by atoms with Gasteiger partial charge in [-0.25, -0.2) is 0 Å². The minimum Gasteiger partial charge on any atom is -0.322 e. The van der Waals surface area contributed by atoms with E-state index in [1.807, 2.05) is 24.3 Å². The van der Waals surface area contributed by atoms with E-state index in [0.29, 0.717) is 11.3 Å². The number of hydrogen-bond donors (Lipinski definition) is 1. The van der Waals surface area contributed by atoms with Crippen molar-refractivity contribution in [1.29, 1.82) is 0 Å². The third-order valence-electron chi connectivity index (χ3n) is 2.39. The van der Waals surface area contributed by atoms with E-state index >= 15 is 0 Å². The molecule has 0 aliphatic carbocycles. The summed E-state index contributed by atoms with van der Waals surface area (Å²) in [6, 6.07) is 14.4. The van der Waals surface area contributed by atoms with E-state index in [-0.39, 0.29) is 5.91 Å². The molecule has 0 fully saturated rings. The van der Waals surface area contributed by atoms with Gasteiger partial charge in [-0.2, -0.15) is 0 Å². The van der Waals surface area contributed by atoms with E-state index in [2.05, 4.69) is 27.2 Å². The molecule has 2 aromatic rings. The second-order valence-corrected chi connectivity index (χ2v) is 4.60. The first kappa shape index (κ1) is 12.4. The van der Waals surface area contributed by atoms with E-state index in [9.17, 15) is 4.79 Å². The van der Waals surface area contributed by atoms with Crippen molar-refractivity contribution in [3.8, 4) is 12.3 Å². The molecule has 88 valence electrons. The summed E-state index contributed by atoms with van der Waals surface area (Å²) in [4.78, 5) is 11.9. The third kappa shape index (κ3) is 2.99. The summed E-state index contributed by atoms with van der Waals surface area (Å²) in [6.07, 6.45) is 5.31. The summed E-state index contributed by atoms with van der Waals surface area (Å²) in [6.45, 7) is 0. The van der Waals surface area contributed by atoms with Gasteiger partial charge >= 0.3 is 0 Å². The molecule has 3 heteroatoms. The molecule has 0 saturated carbocycles. The lowest BCUT2D eigenvalue weighted by Crippen LogP contribution is -2.11. The fourth-order valence-corrected chi connectivity index (χ4v) is 1.76. The maximum absolute atomic E-state index is 11.9. The molecule has 18 heavy (non-hydrogen) atoms. The Kier molecular flexibility index (Phi) is 3.81. The average Bonchev–Trinajstić information content (AvgIpc) is 2.39. The lowest BCUT2D eigenvalue weighted by Gasteiger charge is -2.05. The Balaban J connectivity index is 2.16. The summed E-state index contributed by atoms with van der Waals surface area (Å²) >= 11 is 3.33. The number of halogens is 1. The van der Waals surface area contributed by atoms with Crippen molar-refractivity contribution < 1.29 is 4.79 Å². The SMILES string of the molecule is C#Cc1cccc(NC(=O)c2ccc(Br)cc2)c1. The van der Waals surface area contributed by atoms with Gasteiger partial charge in [-0.05, 0) is 42.5 Å². The van der Waals surface area contributed by atoms with Gasteiger partial charge in [-0.1, -0.05) is 27.9 Å². The Labute approximate surface area is 114 Å². The molecule has 1 N–H and O–H groups in total. The molecule has 2 rings (SSSR count). The first-order valence-corrected chi connectivity index (χ1v) is 6.12. The zero-order chi connectivity index (χ0) is 13.0. The molecule has 0 heterocycles. The molecule has 2 nitrogen and oxygen atoms in total. The standard InChI is InChI=1S/C15H10BrNO/c1-2-11-4-3-5-14(10-11)17-15(18)12-6-8-13(16)9-7-12/h1,3-10H,(H,17,18). The molecule has 1 amide bonds. The van der Waals surface area contributed by atoms with Gasteiger partial charge in [-0.15, -0.1) is 6.42 Å². The maximum Gasteiger partial charge on any atom is 0.255 e. The molecule has 0 aliphatic rings. The van der Waals surface area contributed by atoms with Crippen LogP contribution in [-0.2, 0) is 0 Å². The summed E-state index contributed by atoms with van der Waals surface area (Å²) < 4.78 is 0.938. The molecule has 0 atom stereocenters. The minimum atomic E-state index is -0.156. The highest BCUT2D eigenvalue weighted by Gasteiger charge is 2.05. The first-order chi connectivity index (χ1) is 8.69. The van der Waals surface area contributed by atoms with Crippen LogP contribution >= 0.6 is 15.9 Å². The Hall–Kier alpha value is -2.05. The molecule has 2 aromatic carbocycles. The molecule has 0 aliphatic heterocycles. The molecule has 0 radical (unpaired) electrons. The maximum atomic E-state index is 11.9. The lowest BCUT2D eigenvalue weighted by molar-refractivity contribution is 0.102. The molecule has 0 unspecified atom stereocenters. The van der Waals surface area contributed by atoms with E-state index in [1.54, 1.807) is 24.3 Å². The predicted molar refractivity (Wildman–Crippen MR) is 76.5 cm³/mol. The smallest absolute Gasteiger partial charge is 0.255 e. The van der Waals surface area contributed by atoms with Gasteiger partial charge in [0.25, 0.3) is 5.91 Å². The Morgan fingerprint density at radius 1 is 1.17 bits per heavy atom. The highest BCUT2D eigenvalue weighted by molar-refractivity contribution is 9.10. The third-order valence-corrected chi connectivity index (χ3v) is 2.92. The van der Waals surface area contributed by atoms with Gasteiger partial charge < -0.3 is 5.32 Å². The van der Waals surface area contributed by atoms with Crippen LogP contribution in [0.5, 0.6) is 0 Å². The Bertz CT molecular complexity index is 611. The molecule has 0 saturated heterocycles. The number of carbonyl (C=O) groups excluding carboxylic acids is 1. The molecule has 0 aromatic heterocycles. The second kappa shape index (κ2) is 5.52. The van der Waals surface area contributed by atoms with Crippen molar-refractivity contribution in [2.45, 2.75) is 0 Å². The molecule has 0 spiro atoms. The zero-order valence-corrected chi connectivity index (χ0v) is 11.1. The van der Waals surface area contributed by atoms with E-state index in [1.165, 1.54) is 0 Å².